The molecule has 0 saturated carbocycles. The fraction of sp³-hybridized carbons (Fsp3) is 0.140. The van der Waals surface area contributed by atoms with E-state index in [2.05, 4.69) is 312 Å². The van der Waals surface area contributed by atoms with E-state index in [1.54, 1.807) is 14.2 Å². The van der Waals surface area contributed by atoms with Crippen LogP contribution >= 0.6 is 0 Å². The molecule has 29 nitrogen and oxygen atoms in total. The molecule has 18 heterocycles. The highest BCUT2D eigenvalue weighted by atomic mass is 16.5. The van der Waals surface area contributed by atoms with Crippen LogP contribution in [0.1, 0.15) is 56.7 Å². The summed E-state index contributed by atoms with van der Waals surface area (Å²) in [5, 5.41) is 35.4. The molecule has 0 radical (unpaired) electrons. The molecule has 29 heteroatoms. The molecule has 16 N–H and O–H groups in total. The number of para-hydroxylation sites is 1. The van der Waals surface area contributed by atoms with Crippen LogP contribution in [0.25, 0.3) is 88.3 Å². The zero-order valence-electron chi connectivity index (χ0n) is 84.6. The van der Waals surface area contributed by atoms with Crippen LogP contribution in [0.2, 0.25) is 0 Å². The predicted octanol–water partition coefficient (Wildman–Crippen LogP) is 29.2. The lowest BCUT2D eigenvalue weighted by Gasteiger charge is -2.28. The van der Waals surface area contributed by atoms with Crippen LogP contribution in [0, 0.1) is 13.8 Å². The molecule has 2 fully saturated rings. The Kier molecular flexibility index (Phi) is 32.2. The van der Waals surface area contributed by atoms with Gasteiger partial charge in [-0.2, -0.15) is 0 Å². The number of aromatic nitrogens is 16. The van der Waals surface area contributed by atoms with Gasteiger partial charge in [0.1, 0.15) is 97.4 Å². The van der Waals surface area contributed by atoms with Crippen molar-refractivity contribution in [2.75, 3.05) is 106 Å². The summed E-state index contributed by atoms with van der Waals surface area (Å²) in [6.45, 7) is 16.7. The zero-order chi connectivity index (χ0) is 103. The first-order valence-corrected chi connectivity index (χ1v) is 50.1. The number of pyridine rings is 8. The van der Waals surface area contributed by atoms with Crippen molar-refractivity contribution >= 4 is 192 Å². The van der Waals surface area contributed by atoms with Crippen molar-refractivity contribution in [2.24, 2.45) is 0 Å². The third kappa shape index (κ3) is 27.5. The molecular weight excluding hydrogens is 1870 g/mol. The van der Waals surface area contributed by atoms with E-state index in [0.29, 0.717) is 0 Å². The topological polar surface area (TPSA) is 360 Å². The number of nitrogens with one attached hydrogen (secondary N) is 16. The minimum atomic E-state index is 0.147. The van der Waals surface area contributed by atoms with E-state index < -0.39 is 0 Å². The SMILES string of the molecule is CC(C)(C)c1cccc(Nc2ccc3cc[nH]c3n2)c1.COc1ccc(Nc2ccc3cc[nH]c3n2)cc1.COc1cccc(Nc2ccc3cc[nH]c3n2)c1.Cc1ccc(Nc2ccc3cc[nH]c3n2)cc1.Cc1cccc(Nc2ccc3cc[nH]c3n2)c1.c1cc2ccc(Nc3ccc(N4CCCCC4)cc3)nc2[nH]1.c1cc2ccc(Nc3ccc(N4CCOCC4)cc3)nc2[nH]1.c1ccc(Nc2cnc3[nH]ccc3c2)cc1. The Morgan fingerprint density at radius 3 is 0.953 bits per heavy atom. The number of nitrogens with zero attached hydrogens (tertiary/aromatic N) is 10. The first kappa shape index (κ1) is 99.6. The zero-order valence-corrected chi connectivity index (χ0v) is 84.6. The van der Waals surface area contributed by atoms with Crippen LogP contribution in [0.15, 0.2) is 395 Å². The second kappa shape index (κ2) is 48.5. The Balaban J connectivity index is 0.000000108. The fourth-order valence-corrected chi connectivity index (χ4v) is 17.0. The Bertz CT molecular complexity index is 8290. The molecule has 0 bridgehead atoms. The third-order valence-corrected chi connectivity index (χ3v) is 25.0. The van der Waals surface area contributed by atoms with E-state index in [4.69, 9.17) is 14.2 Å². The quantitative estimate of drug-likeness (QED) is 0.0337. The Hall–Kier alpha value is -19.2. The van der Waals surface area contributed by atoms with Crippen LogP contribution < -0.4 is 61.8 Å². The minimum absolute atomic E-state index is 0.147. The molecule has 0 spiro atoms. The number of aryl methyl sites for hydroxylation is 2. The lowest BCUT2D eigenvalue weighted by atomic mass is 9.87. The number of aromatic amines is 8. The first-order valence-electron chi connectivity index (χ1n) is 50.1. The molecule has 0 aliphatic carbocycles. The summed E-state index contributed by atoms with van der Waals surface area (Å²) in [4.78, 5) is 65.6. The number of anilines is 18. The highest BCUT2D eigenvalue weighted by Crippen LogP contribution is 2.33. The van der Waals surface area contributed by atoms with Crippen LogP contribution in [0.3, 0.4) is 0 Å². The van der Waals surface area contributed by atoms with Gasteiger partial charge in [-0.1, -0.05) is 87.0 Å². The van der Waals surface area contributed by atoms with Gasteiger partial charge < -0.3 is 106 Å². The average molecular weight is 1990 g/mol. The summed E-state index contributed by atoms with van der Waals surface area (Å²) in [6, 6.07) is 114. The average Bonchev–Trinajstić information content (AvgIpc) is 1.80. The molecule has 752 valence electrons. The first-order chi connectivity index (χ1) is 73.5. The van der Waals surface area contributed by atoms with Gasteiger partial charge in [0.2, 0.25) is 0 Å². The number of fused-ring (bicyclic) bond motifs is 8. The van der Waals surface area contributed by atoms with E-state index in [0.717, 1.165) is 218 Å². The summed E-state index contributed by atoms with van der Waals surface area (Å²) in [6.07, 6.45) is 21.0. The van der Waals surface area contributed by atoms with Crippen molar-refractivity contribution in [1.82, 2.24) is 79.7 Å². The van der Waals surface area contributed by atoms with Gasteiger partial charge in [-0.3, -0.25) is 0 Å². The van der Waals surface area contributed by atoms with Crippen LogP contribution in [0.4, 0.5) is 103 Å². The number of hydrogen-bond acceptors (Lipinski definition) is 21. The van der Waals surface area contributed by atoms with Crippen LogP contribution in [-0.2, 0) is 10.2 Å². The molecule has 16 aromatic heterocycles. The molecule has 2 saturated heterocycles. The molecule has 2 aliphatic heterocycles. The number of H-pyrrole nitrogens is 8. The molecule has 150 heavy (non-hydrogen) atoms. The van der Waals surface area contributed by atoms with Crippen molar-refractivity contribution in [3.05, 3.63) is 412 Å². The molecule has 2 aliphatic rings. The lowest BCUT2D eigenvalue weighted by molar-refractivity contribution is 0.122. The number of methoxy groups -OCH3 is 2. The number of benzene rings is 8. The summed E-state index contributed by atoms with van der Waals surface area (Å²) >= 11 is 0. The molecule has 0 amide bonds. The van der Waals surface area contributed by atoms with Gasteiger partial charge in [-0.05, 0) is 323 Å². The Labute approximate surface area is 869 Å². The normalized spacial score (nSPS) is 12.1. The standard InChI is InChI=1S/C18H20N4.C17H18N4O.C17H19N3.2C14H13N3O.2C14H13N3.C13H11N3/c1-2-12-22(13-3-1)16-7-5-15(6-8-16)20-17-9-4-14-10-11-19-18(14)21-17;1-6-16(20-17-13(1)7-8-18-17)19-14-2-4-15(5-3-14)21-9-11-22-12-10-21;1-17(2,3)13-5-4-6-14(11-13)19-15-8-7-12-9-10-18-16(12)20-15;1-18-12-5-3-11(4-6-12)16-13-7-2-10-8-9-15-14(10)17-13;1-18-12-4-2-3-11(9-12)16-13-6-5-10-7-8-15-14(10)17-13;1-10-2-5-12(6-3-10)16-13-7-4-11-8-9-15-14(11)17-13;1-10-3-2-4-12(9-10)16-13-6-5-11-7-8-15-14(11)17-13;1-2-4-11(5-3-1)16-12-8-10-6-7-14-13(10)15-9-12/h4-11H,1-3,12-13H2,(H2,19,20,21);1-8H,9-12H2,(H2,18,19,20);4-11H,1-3H3,(H2,18,19,20);2*2-9H,1H3,(H2,15,16,17);2*2-9H,1H3,(H2,15,16,17);1-9,16H,(H,14,15). The molecule has 0 unspecified atom stereocenters. The van der Waals surface area contributed by atoms with E-state index in [1.165, 1.54) is 60.4 Å². The molecule has 0 atom stereocenters. The maximum atomic E-state index is 5.39. The second-order valence-corrected chi connectivity index (χ2v) is 37.1. The number of morpholine rings is 1. The van der Waals surface area contributed by atoms with Gasteiger partial charge >= 0.3 is 0 Å². The van der Waals surface area contributed by atoms with E-state index in [-0.39, 0.29) is 5.41 Å². The minimum Gasteiger partial charge on any atom is -0.497 e. The number of rotatable bonds is 20. The number of ether oxygens (including phenoxy) is 3. The molecule has 8 aromatic carbocycles. The van der Waals surface area contributed by atoms with Crippen molar-refractivity contribution < 1.29 is 14.2 Å². The fourth-order valence-electron chi connectivity index (χ4n) is 17.0. The van der Waals surface area contributed by atoms with Gasteiger partial charge in [0.25, 0.3) is 0 Å². The van der Waals surface area contributed by atoms with E-state index in [9.17, 15) is 0 Å². The monoisotopic (exact) mass is 1990 g/mol. The highest BCUT2D eigenvalue weighted by Gasteiger charge is 2.18. The number of hydrogen-bond donors (Lipinski definition) is 16. The largest absolute Gasteiger partial charge is 0.497 e. The van der Waals surface area contributed by atoms with E-state index >= 15 is 0 Å². The van der Waals surface area contributed by atoms with Gasteiger partial charge in [0.05, 0.1) is 39.3 Å². The third-order valence-electron chi connectivity index (χ3n) is 25.0. The van der Waals surface area contributed by atoms with Gasteiger partial charge in [0, 0.05) is 182 Å². The molecular formula is C121H120N26O3. The molecule has 26 rings (SSSR count). The van der Waals surface area contributed by atoms with Crippen molar-refractivity contribution in [3.63, 3.8) is 0 Å². The second-order valence-electron chi connectivity index (χ2n) is 37.1. The Morgan fingerprint density at radius 2 is 0.573 bits per heavy atom. The summed E-state index contributed by atoms with van der Waals surface area (Å²) in [7, 11) is 3.31. The van der Waals surface area contributed by atoms with Gasteiger partial charge in [-0.25, -0.2) is 39.9 Å². The van der Waals surface area contributed by atoms with Crippen LogP contribution in [0.5, 0.6) is 11.5 Å². The number of piperidine rings is 1. The van der Waals surface area contributed by atoms with Crippen molar-refractivity contribution in [3.8, 4) is 11.5 Å². The van der Waals surface area contributed by atoms with Gasteiger partial charge in [0.15, 0.2) is 0 Å². The maximum Gasteiger partial charge on any atom is 0.139 e. The maximum absolute atomic E-state index is 5.39. The summed E-state index contributed by atoms with van der Waals surface area (Å²) in [5.41, 5.74) is 23.0. The molecule has 24 aromatic rings. The van der Waals surface area contributed by atoms with Crippen molar-refractivity contribution in [2.45, 2.75) is 59.3 Å². The van der Waals surface area contributed by atoms with Crippen molar-refractivity contribution in [1.29, 1.82) is 0 Å². The van der Waals surface area contributed by atoms with E-state index in [1.807, 2.05) is 250 Å². The highest BCUT2D eigenvalue weighted by molar-refractivity contribution is 5.86. The Morgan fingerprint density at radius 1 is 0.253 bits per heavy atom. The lowest BCUT2D eigenvalue weighted by Crippen LogP contribution is -2.36. The van der Waals surface area contributed by atoms with Crippen LogP contribution in [-0.4, -0.2) is 133 Å². The predicted molar refractivity (Wildman–Crippen MR) is 617 cm³/mol. The smallest absolute Gasteiger partial charge is 0.139 e. The summed E-state index contributed by atoms with van der Waals surface area (Å²) < 4.78 is 15.7. The van der Waals surface area contributed by atoms with Gasteiger partial charge in [-0.15, -0.1) is 0 Å². The summed E-state index contributed by atoms with van der Waals surface area (Å²) in [5.74, 6) is 7.54.